The molecule has 4 nitrogen and oxygen atoms in total. The van der Waals surface area contributed by atoms with Crippen LogP contribution in [0.4, 0.5) is 0 Å². The third-order valence-corrected chi connectivity index (χ3v) is 3.36. The maximum absolute atomic E-state index is 9.48. The van der Waals surface area contributed by atoms with E-state index in [1.165, 1.54) is 0 Å². The first-order valence-electron chi connectivity index (χ1n) is 6.19. The van der Waals surface area contributed by atoms with E-state index >= 15 is 0 Å². The molecule has 1 atom stereocenters. The summed E-state index contributed by atoms with van der Waals surface area (Å²) in [6.07, 6.45) is 1.98. The molecule has 0 amide bonds. The second-order valence-electron chi connectivity index (χ2n) is 4.58. The van der Waals surface area contributed by atoms with Crippen LogP contribution in [0.2, 0.25) is 5.02 Å². The number of nitrogens with zero attached hydrogens (tertiary/aromatic N) is 2. The van der Waals surface area contributed by atoms with Crippen LogP contribution >= 0.6 is 11.6 Å². The Morgan fingerprint density at radius 2 is 2.05 bits per heavy atom. The first-order valence-corrected chi connectivity index (χ1v) is 6.56. The number of aliphatic hydroxyl groups excluding tert-OH is 1. The molecule has 0 aliphatic heterocycles. The van der Waals surface area contributed by atoms with Gasteiger partial charge in [0.15, 0.2) is 0 Å². The Hall–Kier alpha value is -1.36. The molecule has 0 aliphatic rings. The lowest BCUT2D eigenvalue weighted by Gasteiger charge is -2.16. The summed E-state index contributed by atoms with van der Waals surface area (Å²) in [7, 11) is 1.90. The second-order valence-corrected chi connectivity index (χ2v) is 5.02. The van der Waals surface area contributed by atoms with Crippen LogP contribution in [-0.4, -0.2) is 21.5 Å². The number of hydrogen-bond acceptors (Lipinski definition) is 3. The fraction of sp³-hybridized carbons (Fsp3) is 0.357. The van der Waals surface area contributed by atoms with E-state index in [9.17, 15) is 5.11 Å². The van der Waals surface area contributed by atoms with E-state index in [1.54, 1.807) is 4.68 Å². The maximum atomic E-state index is 9.48. The normalized spacial score (nSPS) is 12.6. The highest BCUT2D eigenvalue weighted by atomic mass is 35.5. The van der Waals surface area contributed by atoms with Crippen molar-refractivity contribution in [2.24, 2.45) is 7.05 Å². The van der Waals surface area contributed by atoms with E-state index in [0.717, 1.165) is 16.8 Å². The quantitative estimate of drug-likeness (QED) is 0.882. The van der Waals surface area contributed by atoms with Crippen molar-refractivity contribution in [2.75, 3.05) is 6.61 Å². The largest absolute Gasteiger partial charge is 0.394 e. The Morgan fingerprint density at radius 1 is 1.37 bits per heavy atom. The first-order chi connectivity index (χ1) is 9.10. The van der Waals surface area contributed by atoms with Gasteiger partial charge in [-0.05, 0) is 24.6 Å². The number of aliphatic hydroxyl groups is 1. The maximum Gasteiger partial charge on any atom is 0.0638 e. The third kappa shape index (κ3) is 3.56. The minimum atomic E-state index is -0.100. The SMILES string of the molecule is Cc1nn(C)cc1CNC(CO)c1ccc(Cl)cc1. The fourth-order valence-electron chi connectivity index (χ4n) is 2.04. The molecular weight excluding hydrogens is 262 g/mol. The average molecular weight is 280 g/mol. The Labute approximate surface area is 118 Å². The molecule has 1 aromatic carbocycles. The highest BCUT2D eigenvalue weighted by molar-refractivity contribution is 6.30. The van der Waals surface area contributed by atoms with Crippen LogP contribution in [0.15, 0.2) is 30.5 Å². The van der Waals surface area contributed by atoms with E-state index in [0.29, 0.717) is 11.6 Å². The van der Waals surface area contributed by atoms with Crippen molar-refractivity contribution >= 4 is 11.6 Å². The van der Waals surface area contributed by atoms with Crippen LogP contribution < -0.4 is 5.32 Å². The van der Waals surface area contributed by atoms with Gasteiger partial charge in [0.25, 0.3) is 0 Å². The van der Waals surface area contributed by atoms with Gasteiger partial charge in [0.05, 0.1) is 18.3 Å². The summed E-state index contributed by atoms with van der Waals surface area (Å²) in [5.74, 6) is 0. The van der Waals surface area contributed by atoms with Gasteiger partial charge in [-0.1, -0.05) is 23.7 Å². The molecule has 0 aliphatic carbocycles. The molecule has 1 aromatic heterocycles. The van der Waals surface area contributed by atoms with Gasteiger partial charge in [-0.2, -0.15) is 5.10 Å². The number of aryl methyl sites for hydroxylation is 2. The summed E-state index contributed by atoms with van der Waals surface area (Å²) in [6.45, 7) is 2.70. The van der Waals surface area contributed by atoms with Crippen LogP contribution in [0.3, 0.4) is 0 Å². The first kappa shape index (κ1) is 14.1. The molecule has 0 spiro atoms. The van der Waals surface area contributed by atoms with Crippen molar-refractivity contribution in [1.29, 1.82) is 0 Å². The molecule has 19 heavy (non-hydrogen) atoms. The second kappa shape index (κ2) is 6.19. The Bertz CT molecular complexity index is 536. The zero-order valence-electron chi connectivity index (χ0n) is 11.1. The van der Waals surface area contributed by atoms with Crippen molar-refractivity contribution in [3.05, 3.63) is 52.3 Å². The van der Waals surface area contributed by atoms with E-state index in [-0.39, 0.29) is 12.6 Å². The average Bonchev–Trinajstić information content (AvgIpc) is 2.71. The molecular formula is C14H18ClN3O. The molecule has 5 heteroatoms. The third-order valence-electron chi connectivity index (χ3n) is 3.11. The molecule has 2 N–H and O–H groups in total. The molecule has 0 bridgehead atoms. The van der Waals surface area contributed by atoms with Crippen LogP contribution in [0.1, 0.15) is 22.9 Å². The van der Waals surface area contributed by atoms with Gasteiger partial charge < -0.3 is 10.4 Å². The van der Waals surface area contributed by atoms with Gasteiger partial charge in [-0.3, -0.25) is 4.68 Å². The Kier molecular flexibility index (Phi) is 4.58. The Morgan fingerprint density at radius 3 is 2.58 bits per heavy atom. The minimum Gasteiger partial charge on any atom is -0.394 e. The van der Waals surface area contributed by atoms with Crippen molar-refractivity contribution in [1.82, 2.24) is 15.1 Å². The molecule has 0 radical (unpaired) electrons. The lowest BCUT2D eigenvalue weighted by atomic mass is 10.1. The van der Waals surface area contributed by atoms with Gasteiger partial charge in [0.1, 0.15) is 0 Å². The molecule has 102 valence electrons. The Balaban J connectivity index is 2.03. The topological polar surface area (TPSA) is 50.1 Å². The highest BCUT2D eigenvalue weighted by Gasteiger charge is 2.11. The van der Waals surface area contributed by atoms with Crippen LogP contribution in [0, 0.1) is 6.92 Å². The number of rotatable bonds is 5. The van der Waals surface area contributed by atoms with E-state index in [1.807, 2.05) is 44.4 Å². The molecule has 0 fully saturated rings. The standard InChI is InChI=1S/C14H18ClN3O/c1-10-12(8-18(2)17-10)7-16-14(9-19)11-3-5-13(15)6-4-11/h3-6,8,14,16,19H,7,9H2,1-2H3. The van der Waals surface area contributed by atoms with Gasteiger partial charge in [0.2, 0.25) is 0 Å². The number of aromatic nitrogens is 2. The van der Waals surface area contributed by atoms with E-state index in [4.69, 9.17) is 11.6 Å². The lowest BCUT2D eigenvalue weighted by molar-refractivity contribution is 0.243. The van der Waals surface area contributed by atoms with Crippen LogP contribution in [0.25, 0.3) is 0 Å². The number of nitrogens with one attached hydrogen (secondary N) is 1. The molecule has 1 unspecified atom stereocenters. The van der Waals surface area contributed by atoms with Gasteiger partial charge >= 0.3 is 0 Å². The number of hydrogen-bond donors (Lipinski definition) is 2. The summed E-state index contributed by atoms with van der Waals surface area (Å²) in [5.41, 5.74) is 3.16. The summed E-state index contributed by atoms with van der Waals surface area (Å²) < 4.78 is 1.79. The smallest absolute Gasteiger partial charge is 0.0638 e. The van der Waals surface area contributed by atoms with Crippen molar-refractivity contribution in [2.45, 2.75) is 19.5 Å². The van der Waals surface area contributed by atoms with Crippen LogP contribution in [0.5, 0.6) is 0 Å². The predicted octanol–water partition coefficient (Wildman–Crippen LogP) is 2.21. The monoisotopic (exact) mass is 279 g/mol. The molecule has 2 rings (SSSR count). The summed E-state index contributed by atoms with van der Waals surface area (Å²) in [5, 5.41) is 17.8. The van der Waals surface area contributed by atoms with Crippen molar-refractivity contribution in [3.8, 4) is 0 Å². The molecule has 1 heterocycles. The molecule has 0 saturated heterocycles. The molecule has 0 saturated carbocycles. The number of halogens is 1. The lowest BCUT2D eigenvalue weighted by Crippen LogP contribution is -2.24. The number of benzene rings is 1. The fourth-order valence-corrected chi connectivity index (χ4v) is 2.16. The van der Waals surface area contributed by atoms with Gasteiger partial charge in [-0.25, -0.2) is 0 Å². The summed E-state index contributed by atoms with van der Waals surface area (Å²) in [4.78, 5) is 0. The van der Waals surface area contributed by atoms with Crippen molar-refractivity contribution in [3.63, 3.8) is 0 Å². The van der Waals surface area contributed by atoms with E-state index < -0.39 is 0 Å². The zero-order valence-corrected chi connectivity index (χ0v) is 11.9. The minimum absolute atomic E-state index is 0.0426. The van der Waals surface area contributed by atoms with E-state index in [2.05, 4.69) is 10.4 Å². The van der Waals surface area contributed by atoms with Gasteiger partial charge in [0, 0.05) is 30.4 Å². The molecule has 2 aromatic rings. The zero-order chi connectivity index (χ0) is 13.8. The van der Waals surface area contributed by atoms with Crippen molar-refractivity contribution < 1.29 is 5.11 Å². The highest BCUT2D eigenvalue weighted by Crippen LogP contribution is 2.17. The summed E-state index contributed by atoms with van der Waals surface area (Å²) in [6, 6.07) is 7.41. The predicted molar refractivity (Wildman–Crippen MR) is 76.1 cm³/mol. The summed E-state index contributed by atoms with van der Waals surface area (Å²) >= 11 is 5.86. The van der Waals surface area contributed by atoms with Crippen LogP contribution in [-0.2, 0) is 13.6 Å². The van der Waals surface area contributed by atoms with Gasteiger partial charge in [-0.15, -0.1) is 0 Å².